The Labute approximate surface area is 207 Å². The van der Waals surface area contributed by atoms with Crippen LogP contribution in [0, 0.1) is 0 Å². The van der Waals surface area contributed by atoms with Gasteiger partial charge in [-0.15, -0.1) is 11.3 Å². The molecule has 12 heteroatoms. The van der Waals surface area contributed by atoms with Crippen LogP contribution in [0.4, 0.5) is 24.5 Å². The first-order valence-corrected chi connectivity index (χ1v) is 12.9. The van der Waals surface area contributed by atoms with Gasteiger partial charge in [0.25, 0.3) is 5.91 Å². The van der Waals surface area contributed by atoms with Crippen LogP contribution < -0.4 is 14.8 Å². The molecule has 0 fully saturated rings. The van der Waals surface area contributed by atoms with Gasteiger partial charge in [0.2, 0.25) is 10.0 Å². The Morgan fingerprint density at radius 2 is 1.66 bits per heavy atom. The first kappa shape index (κ1) is 24.8. The summed E-state index contributed by atoms with van der Waals surface area (Å²) in [7, 11) is -3.44. The van der Waals surface area contributed by atoms with Gasteiger partial charge in [0, 0.05) is 27.2 Å². The van der Waals surface area contributed by atoms with Gasteiger partial charge in [0.05, 0.1) is 16.7 Å². The van der Waals surface area contributed by atoms with E-state index >= 15 is 0 Å². The number of carbonyl (C=O) groups is 1. The Morgan fingerprint density at radius 1 is 0.943 bits per heavy atom. The fraction of sp³-hybridized carbons (Fsp3) is 0.0870. The Balaban J connectivity index is 1.51. The second-order valence-electron chi connectivity index (χ2n) is 7.49. The predicted molar refractivity (Wildman–Crippen MR) is 131 cm³/mol. The summed E-state index contributed by atoms with van der Waals surface area (Å²) in [6.45, 7) is 0. The van der Waals surface area contributed by atoms with Crippen molar-refractivity contribution in [3.8, 4) is 11.5 Å². The van der Waals surface area contributed by atoms with Crippen molar-refractivity contribution in [1.82, 2.24) is 0 Å². The lowest BCUT2D eigenvalue weighted by Crippen LogP contribution is -2.10. The number of anilines is 2. The van der Waals surface area contributed by atoms with E-state index in [2.05, 4.69) is 10.0 Å². The van der Waals surface area contributed by atoms with Crippen molar-refractivity contribution in [1.29, 1.82) is 0 Å². The minimum Gasteiger partial charge on any atom is -0.457 e. The molecule has 1 aromatic heterocycles. The highest BCUT2D eigenvalue weighted by Gasteiger charge is 2.30. The van der Waals surface area contributed by atoms with Crippen molar-refractivity contribution < 1.29 is 31.1 Å². The molecule has 3 aromatic carbocycles. The van der Waals surface area contributed by atoms with Crippen molar-refractivity contribution in [2.45, 2.75) is 6.18 Å². The highest BCUT2D eigenvalue weighted by atomic mass is 35.5. The molecular weight excluding hydrogens is 525 g/mol. The minimum atomic E-state index is -4.45. The standard InChI is InChI=1S/C23H16ClF3N2O4S2/c1-35(31,32)29-16-4-7-20-13(8-16)9-21(34-20)22(30)28-17-10-15(24)11-19(12-17)33-18-5-2-14(3-6-18)23(25,26)27/h2-12,29H,1H3,(H,28,30). The van der Waals surface area contributed by atoms with Crippen molar-refractivity contribution >= 4 is 60.3 Å². The summed E-state index contributed by atoms with van der Waals surface area (Å²) in [4.78, 5) is 13.2. The molecule has 35 heavy (non-hydrogen) atoms. The predicted octanol–water partition coefficient (Wildman–Crippen LogP) is 6.99. The molecule has 6 nitrogen and oxygen atoms in total. The third-order valence-electron chi connectivity index (χ3n) is 4.59. The lowest BCUT2D eigenvalue weighted by Gasteiger charge is -2.11. The number of ether oxygens (including phenoxy) is 1. The van der Waals surface area contributed by atoms with E-state index in [9.17, 15) is 26.4 Å². The van der Waals surface area contributed by atoms with Crippen molar-refractivity contribution in [2.75, 3.05) is 16.3 Å². The van der Waals surface area contributed by atoms with E-state index in [0.29, 0.717) is 21.6 Å². The summed E-state index contributed by atoms with van der Waals surface area (Å²) in [5.74, 6) is -0.0347. The summed E-state index contributed by atoms with van der Waals surface area (Å²) in [5, 5.41) is 3.65. The molecule has 0 atom stereocenters. The number of nitrogens with one attached hydrogen (secondary N) is 2. The largest absolute Gasteiger partial charge is 0.457 e. The van der Waals surface area contributed by atoms with Gasteiger partial charge in [-0.3, -0.25) is 9.52 Å². The zero-order valence-electron chi connectivity index (χ0n) is 17.8. The Morgan fingerprint density at radius 3 is 2.31 bits per heavy atom. The van der Waals surface area contributed by atoms with Crippen LogP contribution in [0.25, 0.3) is 10.1 Å². The van der Waals surface area contributed by atoms with Crippen LogP contribution in [0.5, 0.6) is 11.5 Å². The number of halogens is 4. The number of hydrogen-bond donors (Lipinski definition) is 2. The molecule has 0 radical (unpaired) electrons. The normalized spacial score (nSPS) is 11.9. The summed E-state index contributed by atoms with van der Waals surface area (Å²) in [6.07, 6.45) is -3.41. The lowest BCUT2D eigenvalue weighted by atomic mass is 10.2. The SMILES string of the molecule is CS(=O)(=O)Nc1ccc2sc(C(=O)Nc3cc(Cl)cc(Oc4ccc(C(F)(F)F)cc4)c3)cc2c1. The fourth-order valence-corrected chi connectivity index (χ4v) is 4.89. The average Bonchev–Trinajstić information content (AvgIpc) is 3.15. The van der Waals surface area contributed by atoms with Crippen molar-refractivity contribution in [3.05, 3.63) is 82.2 Å². The van der Waals surface area contributed by atoms with Crippen LogP contribution in [0.3, 0.4) is 0 Å². The van der Waals surface area contributed by atoms with Gasteiger partial charge in [-0.2, -0.15) is 13.2 Å². The number of rotatable bonds is 6. The molecule has 0 saturated heterocycles. The fourth-order valence-electron chi connectivity index (χ4n) is 3.17. The first-order chi connectivity index (χ1) is 16.4. The quantitative estimate of drug-likeness (QED) is 0.276. The number of fused-ring (bicyclic) bond motifs is 1. The average molecular weight is 541 g/mol. The van der Waals surface area contributed by atoms with Gasteiger partial charge in [-0.1, -0.05) is 11.6 Å². The molecule has 1 amide bonds. The number of benzene rings is 3. The number of hydrogen-bond acceptors (Lipinski definition) is 5. The van der Waals surface area contributed by atoms with E-state index in [1.54, 1.807) is 24.3 Å². The van der Waals surface area contributed by atoms with Gasteiger partial charge >= 0.3 is 6.18 Å². The molecular formula is C23H16ClF3N2O4S2. The molecule has 0 bridgehead atoms. The Hall–Kier alpha value is -3.28. The third-order valence-corrected chi connectivity index (χ3v) is 6.53. The molecule has 0 aliphatic heterocycles. The van der Waals surface area contributed by atoms with Crippen LogP contribution in [0.2, 0.25) is 5.02 Å². The second kappa shape index (κ2) is 9.40. The van der Waals surface area contributed by atoms with Gasteiger partial charge in [0.1, 0.15) is 11.5 Å². The van der Waals surface area contributed by atoms with E-state index in [4.69, 9.17) is 16.3 Å². The number of thiophene rings is 1. The minimum absolute atomic E-state index is 0.167. The number of amides is 1. The molecule has 2 N–H and O–H groups in total. The van der Waals surface area contributed by atoms with Crippen LogP contribution in [0.1, 0.15) is 15.2 Å². The Kier molecular flexibility index (Phi) is 6.67. The molecule has 4 aromatic rings. The maximum atomic E-state index is 12.8. The van der Waals surface area contributed by atoms with Crippen LogP contribution in [0.15, 0.2) is 66.7 Å². The summed E-state index contributed by atoms with van der Waals surface area (Å²) >= 11 is 7.35. The zero-order chi connectivity index (χ0) is 25.4. The van der Waals surface area contributed by atoms with Crippen molar-refractivity contribution in [3.63, 3.8) is 0 Å². The van der Waals surface area contributed by atoms with E-state index < -0.39 is 27.7 Å². The van der Waals surface area contributed by atoms with Crippen molar-refractivity contribution in [2.24, 2.45) is 0 Å². The maximum absolute atomic E-state index is 12.8. The Bertz CT molecular complexity index is 1520. The molecule has 182 valence electrons. The molecule has 0 saturated carbocycles. The van der Waals surface area contributed by atoms with Gasteiger partial charge in [-0.05, 0) is 66.0 Å². The van der Waals surface area contributed by atoms with Gasteiger partial charge in [-0.25, -0.2) is 8.42 Å². The molecule has 0 spiro atoms. The molecule has 1 heterocycles. The van der Waals surface area contributed by atoms with Crippen LogP contribution in [-0.4, -0.2) is 20.6 Å². The summed E-state index contributed by atoms with van der Waals surface area (Å²) in [6, 6.07) is 15.2. The van der Waals surface area contributed by atoms with E-state index in [1.165, 1.54) is 41.7 Å². The van der Waals surface area contributed by atoms with E-state index in [1.807, 2.05) is 0 Å². The second-order valence-corrected chi connectivity index (χ2v) is 10.8. The van der Waals surface area contributed by atoms with Gasteiger partial charge < -0.3 is 10.1 Å². The van der Waals surface area contributed by atoms with E-state index in [-0.39, 0.29) is 16.5 Å². The van der Waals surface area contributed by atoms with Gasteiger partial charge in [0.15, 0.2) is 0 Å². The highest BCUT2D eigenvalue weighted by molar-refractivity contribution is 7.92. The number of sulfonamides is 1. The molecule has 0 aliphatic rings. The number of carbonyl (C=O) groups excluding carboxylic acids is 1. The highest BCUT2D eigenvalue weighted by Crippen LogP contribution is 2.34. The maximum Gasteiger partial charge on any atom is 0.416 e. The third kappa shape index (κ3) is 6.44. The summed E-state index contributed by atoms with van der Waals surface area (Å²) in [5.41, 5.74) is -0.0996. The topological polar surface area (TPSA) is 84.5 Å². The molecule has 0 aliphatic carbocycles. The molecule has 0 unspecified atom stereocenters. The zero-order valence-corrected chi connectivity index (χ0v) is 20.2. The smallest absolute Gasteiger partial charge is 0.416 e. The number of alkyl halides is 3. The lowest BCUT2D eigenvalue weighted by molar-refractivity contribution is -0.137. The summed E-state index contributed by atoms with van der Waals surface area (Å²) < 4.78 is 69.9. The first-order valence-electron chi connectivity index (χ1n) is 9.84. The van der Waals surface area contributed by atoms with Crippen LogP contribution >= 0.6 is 22.9 Å². The van der Waals surface area contributed by atoms with Crippen LogP contribution in [-0.2, 0) is 16.2 Å². The van der Waals surface area contributed by atoms with E-state index in [0.717, 1.165) is 23.1 Å². The molecule has 4 rings (SSSR count). The monoisotopic (exact) mass is 540 g/mol.